The molecule has 0 unspecified atom stereocenters. The number of carbonyl (C=O) groups excluding carboxylic acids is 1. The van der Waals surface area contributed by atoms with Gasteiger partial charge in [-0.1, -0.05) is 11.8 Å². The molecule has 3 aromatic rings. The molecule has 1 N–H and O–H groups in total. The van der Waals surface area contributed by atoms with Crippen LogP contribution in [0.5, 0.6) is 11.5 Å². The number of ether oxygens (including phenoxy) is 2. The van der Waals surface area contributed by atoms with E-state index < -0.39 is 11.1 Å². The molecule has 31 heavy (non-hydrogen) atoms. The highest BCUT2D eigenvalue weighted by Crippen LogP contribution is 2.30. The maximum absolute atomic E-state index is 12.1. The second kappa shape index (κ2) is 10.1. The molecule has 0 bridgehead atoms. The summed E-state index contributed by atoms with van der Waals surface area (Å²) in [6.45, 7) is 3.50. The number of carbonyl (C=O) groups is 1. The first-order valence-corrected chi connectivity index (χ1v) is 10.5. The zero-order valence-corrected chi connectivity index (χ0v) is 18.2. The number of fused-ring (bicyclic) bond motifs is 1. The van der Waals surface area contributed by atoms with Crippen molar-refractivity contribution in [1.82, 2.24) is 15.0 Å². The minimum Gasteiger partial charge on any atom is -0.497 e. The summed E-state index contributed by atoms with van der Waals surface area (Å²) in [7, 11) is 1.61. The predicted octanol–water partition coefficient (Wildman–Crippen LogP) is 3.77. The normalized spacial score (nSPS) is 10.8. The Balaban J connectivity index is 1.64. The third-order valence-electron chi connectivity index (χ3n) is 4.50. The summed E-state index contributed by atoms with van der Waals surface area (Å²) in [5.41, 5.74) is 3.99. The van der Waals surface area contributed by atoms with E-state index >= 15 is 0 Å². The zero-order chi connectivity index (χ0) is 22.4. The van der Waals surface area contributed by atoms with Crippen LogP contribution in [0.4, 0.5) is 0 Å². The molecule has 0 radical (unpaired) electrons. The van der Waals surface area contributed by atoms with Crippen LogP contribution >= 0.6 is 11.8 Å². The summed E-state index contributed by atoms with van der Waals surface area (Å²) in [6, 6.07) is 5.63. The maximum atomic E-state index is 12.1. The molecule has 0 aliphatic heterocycles. The first-order valence-electron chi connectivity index (χ1n) is 9.47. The second-order valence-corrected chi connectivity index (χ2v) is 7.65. The Labute approximate surface area is 182 Å². The molecular formula is C20H22N4O6S. The Kier molecular flexibility index (Phi) is 7.29. The lowest BCUT2D eigenvalue weighted by Gasteiger charge is -2.13. The summed E-state index contributed by atoms with van der Waals surface area (Å²) in [5, 5.41) is 10.0. The Hall–Kier alpha value is -3.34. The van der Waals surface area contributed by atoms with Crippen LogP contribution in [0.15, 0.2) is 29.6 Å². The standard InChI is InChI=1S/C20H22N4O6S/c1-12-10-21-17(13(2)19(12)30-18(25)5-4-8-29-24(26)27)11-31-20-22-15-7-6-14(28-3)9-16(15)23-20/h6-7,9-10H,4-5,8,11H2,1-3H3,(H,22,23). The van der Waals surface area contributed by atoms with Crippen molar-refractivity contribution in [2.24, 2.45) is 0 Å². The minimum atomic E-state index is -0.884. The molecule has 11 heteroatoms. The van der Waals surface area contributed by atoms with Crippen LogP contribution in [0.25, 0.3) is 11.0 Å². The zero-order valence-electron chi connectivity index (χ0n) is 17.3. The van der Waals surface area contributed by atoms with Crippen LogP contribution in [-0.4, -0.2) is 39.7 Å². The number of imidazole rings is 1. The fourth-order valence-corrected chi connectivity index (χ4v) is 3.79. The Morgan fingerprint density at radius 2 is 2.13 bits per heavy atom. The van der Waals surface area contributed by atoms with Crippen LogP contribution in [-0.2, 0) is 15.4 Å². The van der Waals surface area contributed by atoms with Crippen molar-refractivity contribution in [2.45, 2.75) is 37.6 Å². The summed E-state index contributed by atoms with van der Waals surface area (Å²) >= 11 is 1.49. The summed E-state index contributed by atoms with van der Waals surface area (Å²) in [6.07, 6.45) is 1.87. The van der Waals surface area contributed by atoms with Crippen molar-refractivity contribution >= 4 is 28.8 Å². The number of aryl methyl sites for hydroxylation is 1. The van der Waals surface area contributed by atoms with Crippen LogP contribution in [0.2, 0.25) is 0 Å². The smallest absolute Gasteiger partial charge is 0.311 e. The van der Waals surface area contributed by atoms with Crippen molar-refractivity contribution in [3.63, 3.8) is 0 Å². The third-order valence-corrected chi connectivity index (χ3v) is 5.38. The van der Waals surface area contributed by atoms with Crippen molar-refractivity contribution in [2.75, 3.05) is 13.7 Å². The van der Waals surface area contributed by atoms with Gasteiger partial charge in [-0.2, -0.15) is 0 Å². The van der Waals surface area contributed by atoms with E-state index in [1.807, 2.05) is 32.0 Å². The summed E-state index contributed by atoms with van der Waals surface area (Å²) in [4.78, 5) is 38.7. The molecule has 164 valence electrons. The van der Waals surface area contributed by atoms with Crippen molar-refractivity contribution in [3.8, 4) is 11.5 Å². The van der Waals surface area contributed by atoms with Crippen molar-refractivity contribution < 1.29 is 24.2 Å². The van der Waals surface area contributed by atoms with Gasteiger partial charge < -0.3 is 19.3 Å². The number of hydrogen-bond acceptors (Lipinski definition) is 9. The molecular weight excluding hydrogens is 424 g/mol. The lowest BCUT2D eigenvalue weighted by atomic mass is 10.1. The molecule has 0 spiro atoms. The number of esters is 1. The number of aromatic amines is 1. The van der Waals surface area contributed by atoms with Gasteiger partial charge in [0.2, 0.25) is 0 Å². The quantitative estimate of drug-likeness (QED) is 0.163. The average Bonchev–Trinajstić information content (AvgIpc) is 3.15. The average molecular weight is 446 g/mol. The number of rotatable bonds is 10. The number of pyridine rings is 1. The van der Waals surface area contributed by atoms with Gasteiger partial charge in [-0.15, -0.1) is 10.1 Å². The highest BCUT2D eigenvalue weighted by Gasteiger charge is 2.15. The fourth-order valence-electron chi connectivity index (χ4n) is 2.88. The lowest BCUT2D eigenvalue weighted by molar-refractivity contribution is -0.757. The minimum absolute atomic E-state index is 0.0154. The third kappa shape index (κ3) is 5.85. The number of nitrogens with zero attached hydrogens (tertiary/aromatic N) is 3. The molecule has 10 nitrogen and oxygen atoms in total. The largest absolute Gasteiger partial charge is 0.497 e. The molecule has 0 saturated heterocycles. The monoisotopic (exact) mass is 446 g/mol. The van der Waals surface area contributed by atoms with E-state index in [0.717, 1.165) is 38.8 Å². The first-order chi connectivity index (χ1) is 14.9. The Bertz CT molecular complexity index is 1100. The van der Waals surface area contributed by atoms with Gasteiger partial charge in [-0.3, -0.25) is 9.78 Å². The van der Waals surface area contributed by atoms with Crippen molar-refractivity contribution in [1.29, 1.82) is 0 Å². The fraction of sp³-hybridized carbons (Fsp3) is 0.350. The Morgan fingerprint density at radius 1 is 1.32 bits per heavy atom. The summed E-state index contributed by atoms with van der Waals surface area (Å²) in [5.74, 6) is 1.26. The molecule has 2 heterocycles. The van der Waals surface area contributed by atoms with Crippen LogP contribution in [0.3, 0.4) is 0 Å². The number of methoxy groups -OCH3 is 1. The molecule has 0 fully saturated rings. The summed E-state index contributed by atoms with van der Waals surface area (Å²) < 4.78 is 10.7. The number of nitrogens with one attached hydrogen (secondary N) is 1. The van der Waals surface area contributed by atoms with E-state index in [1.165, 1.54) is 11.8 Å². The van der Waals surface area contributed by atoms with Gasteiger partial charge in [-0.25, -0.2) is 4.98 Å². The van der Waals surface area contributed by atoms with Crippen LogP contribution in [0, 0.1) is 24.0 Å². The van der Waals surface area contributed by atoms with Gasteiger partial charge in [0.15, 0.2) is 5.16 Å². The predicted molar refractivity (Wildman–Crippen MR) is 114 cm³/mol. The van der Waals surface area contributed by atoms with Gasteiger partial charge in [0.25, 0.3) is 5.09 Å². The number of hydrogen-bond donors (Lipinski definition) is 1. The van der Waals surface area contributed by atoms with Gasteiger partial charge in [-0.05, 0) is 32.4 Å². The van der Waals surface area contributed by atoms with Gasteiger partial charge in [0, 0.05) is 35.6 Å². The van der Waals surface area contributed by atoms with E-state index in [1.54, 1.807) is 13.3 Å². The molecule has 3 rings (SSSR count). The number of aromatic nitrogens is 3. The molecule has 0 amide bonds. The Morgan fingerprint density at radius 3 is 2.87 bits per heavy atom. The molecule has 0 aliphatic carbocycles. The second-order valence-electron chi connectivity index (χ2n) is 6.69. The first kappa shape index (κ1) is 22.3. The van der Waals surface area contributed by atoms with E-state index in [-0.39, 0.29) is 19.4 Å². The van der Waals surface area contributed by atoms with E-state index in [4.69, 9.17) is 9.47 Å². The van der Waals surface area contributed by atoms with E-state index in [2.05, 4.69) is 19.8 Å². The highest BCUT2D eigenvalue weighted by atomic mass is 32.2. The van der Waals surface area contributed by atoms with Gasteiger partial charge >= 0.3 is 5.97 Å². The number of H-pyrrole nitrogens is 1. The molecule has 0 atom stereocenters. The molecule has 0 saturated carbocycles. The highest BCUT2D eigenvalue weighted by molar-refractivity contribution is 7.98. The molecule has 0 aliphatic rings. The lowest BCUT2D eigenvalue weighted by Crippen LogP contribution is -2.12. The van der Waals surface area contributed by atoms with Gasteiger partial charge in [0.1, 0.15) is 11.5 Å². The maximum Gasteiger partial charge on any atom is 0.311 e. The number of benzene rings is 1. The van der Waals surface area contributed by atoms with E-state index in [0.29, 0.717) is 11.5 Å². The van der Waals surface area contributed by atoms with Crippen LogP contribution in [0.1, 0.15) is 29.7 Å². The van der Waals surface area contributed by atoms with Crippen molar-refractivity contribution in [3.05, 3.63) is 51.3 Å². The van der Waals surface area contributed by atoms with E-state index in [9.17, 15) is 14.9 Å². The molecule has 2 aromatic heterocycles. The SMILES string of the molecule is COc1ccc2nc(SCc3ncc(C)c(OC(=O)CCCO[N+](=O)[O-])c3C)[nH]c2c1. The molecule has 1 aromatic carbocycles. The topological polar surface area (TPSA) is 129 Å². The number of thioether (sulfide) groups is 1. The van der Waals surface area contributed by atoms with Gasteiger partial charge in [0.05, 0.1) is 30.4 Å². The van der Waals surface area contributed by atoms with Crippen LogP contribution < -0.4 is 9.47 Å².